The maximum atomic E-state index is 11.2. The third kappa shape index (κ3) is 5.74. The first-order chi connectivity index (χ1) is 10.8. The Morgan fingerprint density at radius 1 is 1.27 bits per heavy atom. The van der Waals surface area contributed by atoms with Crippen LogP contribution in [0.5, 0.6) is 5.75 Å². The van der Waals surface area contributed by atoms with Crippen molar-refractivity contribution in [1.82, 2.24) is 10.2 Å². The molecule has 0 aliphatic carbocycles. The molecule has 1 heterocycles. The molecule has 1 aliphatic rings. The summed E-state index contributed by atoms with van der Waals surface area (Å²) < 4.78 is 5.75. The van der Waals surface area contributed by atoms with Gasteiger partial charge in [-0.25, -0.2) is 0 Å². The molecule has 1 aromatic rings. The van der Waals surface area contributed by atoms with Gasteiger partial charge in [0.15, 0.2) is 0 Å². The van der Waals surface area contributed by atoms with Crippen LogP contribution >= 0.6 is 0 Å². The molecule has 1 amide bonds. The van der Waals surface area contributed by atoms with E-state index in [1.165, 1.54) is 25.9 Å². The van der Waals surface area contributed by atoms with Gasteiger partial charge in [0, 0.05) is 13.1 Å². The second kappa shape index (κ2) is 9.06. The van der Waals surface area contributed by atoms with Crippen molar-refractivity contribution < 1.29 is 9.53 Å². The molecule has 0 saturated carbocycles. The van der Waals surface area contributed by atoms with Crippen molar-refractivity contribution in [3.63, 3.8) is 0 Å². The van der Waals surface area contributed by atoms with Crippen molar-refractivity contribution >= 4 is 5.91 Å². The van der Waals surface area contributed by atoms with E-state index in [0.717, 1.165) is 30.9 Å². The molecule has 0 spiro atoms. The summed E-state index contributed by atoms with van der Waals surface area (Å²) in [7, 11) is 0. The molecule has 118 valence electrons. The fourth-order valence-electron chi connectivity index (χ4n) is 2.53. The second-order valence-electron chi connectivity index (χ2n) is 5.48. The maximum absolute atomic E-state index is 11.2. The predicted octanol–water partition coefficient (Wildman–Crippen LogP) is 1.73. The first kappa shape index (κ1) is 16.3. The van der Waals surface area contributed by atoms with Gasteiger partial charge < -0.3 is 10.1 Å². The number of hydrogen-bond acceptors (Lipinski definition) is 4. The van der Waals surface area contributed by atoms with Gasteiger partial charge in [-0.15, -0.1) is 0 Å². The van der Waals surface area contributed by atoms with Crippen molar-refractivity contribution in [2.75, 3.05) is 32.8 Å². The normalized spacial score (nSPS) is 14.5. The van der Waals surface area contributed by atoms with E-state index in [2.05, 4.69) is 10.2 Å². The predicted molar refractivity (Wildman–Crippen MR) is 84.6 cm³/mol. The number of rotatable bonds is 8. The Bertz CT molecular complexity index is 502. The lowest BCUT2D eigenvalue weighted by Gasteiger charge is -2.15. The zero-order valence-corrected chi connectivity index (χ0v) is 12.9. The minimum absolute atomic E-state index is 0.0796. The van der Waals surface area contributed by atoms with E-state index < -0.39 is 0 Å². The Balaban J connectivity index is 1.64. The number of nitriles is 1. The van der Waals surface area contributed by atoms with Gasteiger partial charge in [0.1, 0.15) is 18.8 Å². The maximum Gasteiger partial charge on any atom is 0.234 e. The van der Waals surface area contributed by atoms with Crippen molar-refractivity contribution in [2.24, 2.45) is 0 Å². The zero-order valence-electron chi connectivity index (χ0n) is 12.9. The highest BCUT2D eigenvalue weighted by atomic mass is 16.5. The van der Waals surface area contributed by atoms with E-state index in [9.17, 15) is 4.79 Å². The van der Waals surface area contributed by atoms with Crippen LogP contribution < -0.4 is 10.1 Å². The van der Waals surface area contributed by atoms with E-state index in [1.807, 2.05) is 30.3 Å². The van der Waals surface area contributed by atoms with Crippen molar-refractivity contribution in [3.8, 4) is 11.8 Å². The summed E-state index contributed by atoms with van der Waals surface area (Å²) in [5.74, 6) is 0.667. The standard InChI is InChI=1S/C17H23N3O2/c18-9-7-17(21)19-10-8-15-3-5-16(6-4-15)22-14-13-20-11-1-2-12-20/h3-6H,1-2,7-8,10-14H2,(H,19,21). The number of likely N-dealkylation sites (tertiary alicyclic amines) is 1. The van der Waals surface area contributed by atoms with Gasteiger partial charge in [0.05, 0.1) is 6.07 Å². The van der Waals surface area contributed by atoms with Gasteiger partial charge >= 0.3 is 0 Å². The highest BCUT2D eigenvalue weighted by Gasteiger charge is 2.10. The molecule has 2 rings (SSSR count). The largest absolute Gasteiger partial charge is 0.492 e. The van der Waals surface area contributed by atoms with E-state index in [4.69, 9.17) is 10.00 Å². The van der Waals surface area contributed by atoms with Crippen LogP contribution in [0.25, 0.3) is 0 Å². The summed E-state index contributed by atoms with van der Waals surface area (Å²) in [6, 6.07) is 9.80. The minimum atomic E-state index is -0.218. The minimum Gasteiger partial charge on any atom is -0.492 e. The molecule has 1 saturated heterocycles. The topological polar surface area (TPSA) is 65.4 Å². The molecule has 22 heavy (non-hydrogen) atoms. The molecule has 0 aromatic heterocycles. The molecule has 1 aliphatic heterocycles. The van der Waals surface area contributed by atoms with E-state index >= 15 is 0 Å². The smallest absolute Gasteiger partial charge is 0.234 e. The number of amides is 1. The molecule has 1 fully saturated rings. The molecule has 0 unspecified atom stereocenters. The van der Waals surface area contributed by atoms with Crippen LogP contribution in [-0.4, -0.2) is 43.6 Å². The van der Waals surface area contributed by atoms with Gasteiger partial charge in [-0.1, -0.05) is 12.1 Å². The van der Waals surface area contributed by atoms with Crippen LogP contribution in [0.15, 0.2) is 24.3 Å². The number of hydrogen-bond donors (Lipinski definition) is 1. The average molecular weight is 301 g/mol. The Kier molecular flexibility index (Phi) is 6.72. The lowest BCUT2D eigenvalue weighted by molar-refractivity contribution is -0.120. The third-order valence-electron chi connectivity index (χ3n) is 3.77. The summed E-state index contributed by atoms with van der Waals surface area (Å²) in [5, 5.41) is 11.1. The molecule has 1 aromatic carbocycles. The van der Waals surface area contributed by atoms with Crippen molar-refractivity contribution in [1.29, 1.82) is 5.26 Å². The molecule has 0 atom stereocenters. The number of ether oxygens (including phenoxy) is 1. The van der Waals surface area contributed by atoms with E-state index in [-0.39, 0.29) is 12.3 Å². The zero-order chi connectivity index (χ0) is 15.6. The number of nitrogens with zero attached hydrogens (tertiary/aromatic N) is 2. The first-order valence-corrected chi connectivity index (χ1v) is 7.85. The highest BCUT2D eigenvalue weighted by molar-refractivity contribution is 5.77. The Labute approximate surface area is 131 Å². The van der Waals surface area contributed by atoms with E-state index in [1.54, 1.807) is 0 Å². The van der Waals surface area contributed by atoms with Crippen LogP contribution in [0, 0.1) is 11.3 Å². The molecule has 5 nitrogen and oxygen atoms in total. The Hall–Kier alpha value is -2.06. The lowest BCUT2D eigenvalue weighted by Crippen LogP contribution is -2.25. The summed E-state index contributed by atoms with van der Waals surface area (Å²) in [5.41, 5.74) is 1.14. The van der Waals surface area contributed by atoms with E-state index in [0.29, 0.717) is 6.54 Å². The quantitative estimate of drug-likeness (QED) is 0.794. The number of carbonyl (C=O) groups is 1. The summed E-state index contributed by atoms with van der Waals surface area (Å²) in [4.78, 5) is 13.6. The van der Waals surface area contributed by atoms with Crippen LogP contribution in [-0.2, 0) is 11.2 Å². The van der Waals surface area contributed by atoms with Crippen LogP contribution in [0.1, 0.15) is 24.8 Å². The fraction of sp³-hybridized carbons (Fsp3) is 0.529. The number of benzene rings is 1. The Morgan fingerprint density at radius 3 is 2.68 bits per heavy atom. The van der Waals surface area contributed by atoms with Crippen molar-refractivity contribution in [2.45, 2.75) is 25.7 Å². The van der Waals surface area contributed by atoms with Gasteiger partial charge in [-0.3, -0.25) is 9.69 Å². The summed E-state index contributed by atoms with van der Waals surface area (Å²) in [6.07, 6.45) is 3.29. The monoisotopic (exact) mass is 301 g/mol. The molecule has 0 bridgehead atoms. The summed E-state index contributed by atoms with van der Waals surface area (Å²) >= 11 is 0. The van der Waals surface area contributed by atoms with Gasteiger partial charge in [0.25, 0.3) is 0 Å². The number of carbonyl (C=O) groups excluding carboxylic acids is 1. The first-order valence-electron chi connectivity index (χ1n) is 7.85. The highest BCUT2D eigenvalue weighted by Crippen LogP contribution is 2.13. The molecular formula is C17H23N3O2. The van der Waals surface area contributed by atoms with Crippen LogP contribution in [0.2, 0.25) is 0 Å². The number of nitrogens with one attached hydrogen (secondary N) is 1. The Morgan fingerprint density at radius 2 is 2.00 bits per heavy atom. The average Bonchev–Trinajstić information content (AvgIpc) is 3.02. The van der Waals surface area contributed by atoms with Crippen molar-refractivity contribution in [3.05, 3.63) is 29.8 Å². The van der Waals surface area contributed by atoms with Gasteiger partial charge in [-0.05, 0) is 50.0 Å². The lowest BCUT2D eigenvalue weighted by atomic mass is 10.1. The SMILES string of the molecule is N#CCC(=O)NCCc1ccc(OCCN2CCCC2)cc1. The summed E-state index contributed by atoms with van der Waals surface area (Å²) in [6.45, 7) is 4.66. The van der Waals surface area contributed by atoms with Gasteiger partial charge in [-0.2, -0.15) is 5.26 Å². The molecular weight excluding hydrogens is 278 g/mol. The molecule has 0 radical (unpaired) electrons. The van der Waals surface area contributed by atoms with Crippen LogP contribution in [0.4, 0.5) is 0 Å². The fourth-order valence-corrected chi connectivity index (χ4v) is 2.53. The molecule has 1 N–H and O–H groups in total. The second-order valence-corrected chi connectivity index (χ2v) is 5.48. The van der Waals surface area contributed by atoms with Crippen LogP contribution in [0.3, 0.4) is 0 Å². The third-order valence-corrected chi connectivity index (χ3v) is 3.77. The molecule has 5 heteroatoms. The van der Waals surface area contributed by atoms with Gasteiger partial charge in [0.2, 0.25) is 5.91 Å².